The van der Waals surface area contributed by atoms with Crippen LogP contribution in [0.4, 0.5) is 17.1 Å². The van der Waals surface area contributed by atoms with Gasteiger partial charge in [-0.2, -0.15) is 0 Å². The average Bonchev–Trinajstić information content (AvgIpc) is 3.15. The molecule has 0 aliphatic heterocycles. The molecule has 3 aromatic rings. The van der Waals surface area contributed by atoms with Gasteiger partial charge in [0.15, 0.2) is 0 Å². The van der Waals surface area contributed by atoms with Gasteiger partial charge < -0.3 is 15.1 Å². The third kappa shape index (κ3) is 5.78. The Bertz CT molecular complexity index is 1040. The van der Waals surface area contributed by atoms with E-state index < -0.39 is 4.92 Å². The Kier molecular flexibility index (Phi) is 6.83. The number of halogens is 1. The van der Waals surface area contributed by atoms with Crippen LogP contribution in [0.2, 0.25) is 0 Å². The molecule has 1 aromatic heterocycles. The van der Waals surface area contributed by atoms with Crippen LogP contribution in [-0.2, 0) is 11.3 Å². The van der Waals surface area contributed by atoms with E-state index in [1.807, 2.05) is 18.2 Å². The van der Waals surface area contributed by atoms with Gasteiger partial charge >= 0.3 is 0 Å². The zero-order chi connectivity index (χ0) is 20.8. The number of anilines is 2. The predicted octanol–water partition coefficient (Wildman–Crippen LogP) is 4.39. The second-order valence-electron chi connectivity index (χ2n) is 5.89. The summed E-state index contributed by atoms with van der Waals surface area (Å²) in [6.07, 6.45) is 0. The number of carbonyl (C=O) groups is 1. The number of amides is 1. The van der Waals surface area contributed by atoms with Gasteiger partial charge in [0.05, 0.1) is 22.9 Å². The maximum atomic E-state index is 12.1. The summed E-state index contributed by atoms with van der Waals surface area (Å²) in [6.45, 7) is 1.88. The minimum Gasteiger partial charge on any atom is -0.414 e. The van der Waals surface area contributed by atoms with E-state index in [0.29, 0.717) is 22.8 Å². The quantitative estimate of drug-likeness (QED) is 0.278. The first-order valence-electron chi connectivity index (χ1n) is 8.41. The molecule has 0 saturated carbocycles. The summed E-state index contributed by atoms with van der Waals surface area (Å²) in [4.78, 5) is 22.6. The number of thioether (sulfide) groups is 1. The minimum absolute atomic E-state index is 0.0350. The first-order valence-corrected chi connectivity index (χ1v) is 10.2. The molecule has 0 radical (unpaired) electrons. The highest BCUT2D eigenvalue weighted by atomic mass is 79.9. The van der Waals surface area contributed by atoms with Crippen LogP contribution in [0.15, 0.2) is 56.6 Å². The summed E-state index contributed by atoms with van der Waals surface area (Å²) in [5, 5.41) is 24.9. The number of hydrogen-bond donors (Lipinski definition) is 2. The number of carbonyl (C=O) groups excluding carboxylic acids is 1. The molecule has 3 rings (SSSR count). The van der Waals surface area contributed by atoms with E-state index in [2.05, 4.69) is 36.8 Å². The largest absolute Gasteiger partial charge is 0.414 e. The smallest absolute Gasteiger partial charge is 0.277 e. The lowest BCUT2D eigenvalue weighted by atomic mass is 10.2. The van der Waals surface area contributed by atoms with Gasteiger partial charge in [0.2, 0.25) is 11.8 Å². The van der Waals surface area contributed by atoms with Crippen molar-refractivity contribution in [2.24, 2.45) is 0 Å². The Balaban J connectivity index is 1.51. The molecule has 0 saturated heterocycles. The fraction of sp³-hybridized carbons (Fsp3) is 0.167. The minimum atomic E-state index is -0.430. The summed E-state index contributed by atoms with van der Waals surface area (Å²) in [5.74, 6) is 0.217. The van der Waals surface area contributed by atoms with E-state index in [9.17, 15) is 14.9 Å². The first kappa shape index (κ1) is 20.8. The molecule has 1 heterocycles. The van der Waals surface area contributed by atoms with Crippen molar-refractivity contribution in [2.45, 2.75) is 18.7 Å². The number of nitrogens with one attached hydrogen (secondary N) is 2. The Labute approximate surface area is 178 Å². The van der Waals surface area contributed by atoms with E-state index in [4.69, 9.17) is 4.42 Å². The molecule has 1 amide bonds. The van der Waals surface area contributed by atoms with Crippen LogP contribution in [0.5, 0.6) is 0 Å². The summed E-state index contributed by atoms with van der Waals surface area (Å²) >= 11 is 4.49. The lowest BCUT2D eigenvalue weighted by Crippen LogP contribution is -2.14. The van der Waals surface area contributed by atoms with Crippen molar-refractivity contribution in [1.29, 1.82) is 0 Å². The van der Waals surface area contributed by atoms with Crippen LogP contribution in [-0.4, -0.2) is 26.8 Å². The molecular formula is C18H16BrN5O4S. The number of nitro benzene ring substituents is 1. The molecule has 0 aliphatic rings. The molecule has 0 spiro atoms. The Morgan fingerprint density at radius 3 is 2.83 bits per heavy atom. The van der Waals surface area contributed by atoms with Crippen molar-refractivity contribution in [2.75, 3.05) is 16.4 Å². The molecule has 9 nitrogen and oxygen atoms in total. The lowest BCUT2D eigenvalue weighted by Gasteiger charge is -2.05. The first-order chi connectivity index (χ1) is 13.9. The molecule has 0 atom stereocenters. The van der Waals surface area contributed by atoms with Crippen LogP contribution >= 0.6 is 27.7 Å². The molecule has 0 aliphatic carbocycles. The van der Waals surface area contributed by atoms with Gasteiger partial charge in [-0.05, 0) is 41.1 Å². The fourth-order valence-corrected chi connectivity index (χ4v) is 3.30. The highest BCUT2D eigenvalue weighted by Crippen LogP contribution is 2.24. The Hall–Kier alpha value is -2.92. The van der Waals surface area contributed by atoms with Crippen molar-refractivity contribution in [3.05, 3.63) is 68.5 Å². The standard InChI is InChI=1S/C18H16BrN5O4S/c1-11-6-7-12(8-15(11)24(26)27)20-9-17-22-23-18(28-17)29-10-16(25)21-14-5-3-2-4-13(14)19/h2-8,20H,9-10H2,1H3,(H,21,25). The van der Waals surface area contributed by atoms with Crippen LogP contribution in [0.1, 0.15) is 11.5 Å². The van der Waals surface area contributed by atoms with Crippen molar-refractivity contribution < 1.29 is 14.1 Å². The topological polar surface area (TPSA) is 123 Å². The number of para-hydroxylation sites is 1. The van der Waals surface area contributed by atoms with Gasteiger partial charge in [-0.25, -0.2) is 0 Å². The van der Waals surface area contributed by atoms with Gasteiger partial charge in [-0.1, -0.05) is 30.0 Å². The molecule has 150 valence electrons. The predicted molar refractivity (Wildman–Crippen MR) is 113 cm³/mol. The number of nitro groups is 1. The number of aromatic nitrogens is 2. The van der Waals surface area contributed by atoms with Gasteiger partial charge in [0.25, 0.3) is 10.9 Å². The van der Waals surface area contributed by atoms with Crippen LogP contribution in [0.25, 0.3) is 0 Å². The summed E-state index contributed by atoms with van der Waals surface area (Å²) < 4.78 is 6.28. The van der Waals surface area contributed by atoms with E-state index in [1.165, 1.54) is 6.07 Å². The summed E-state index contributed by atoms with van der Waals surface area (Å²) in [7, 11) is 0. The average molecular weight is 478 g/mol. The maximum absolute atomic E-state index is 12.1. The van der Waals surface area contributed by atoms with E-state index in [1.54, 1.807) is 25.1 Å². The third-order valence-electron chi connectivity index (χ3n) is 3.77. The van der Waals surface area contributed by atoms with E-state index in [-0.39, 0.29) is 29.1 Å². The van der Waals surface area contributed by atoms with Gasteiger partial charge in [-0.15, -0.1) is 10.2 Å². The van der Waals surface area contributed by atoms with Crippen LogP contribution in [0, 0.1) is 17.0 Å². The number of benzene rings is 2. The second-order valence-corrected chi connectivity index (χ2v) is 7.67. The molecule has 2 N–H and O–H groups in total. The van der Waals surface area contributed by atoms with E-state index >= 15 is 0 Å². The van der Waals surface area contributed by atoms with Crippen molar-refractivity contribution >= 4 is 50.7 Å². The van der Waals surface area contributed by atoms with Crippen molar-refractivity contribution in [1.82, 2.24) is 10.2 Å². The monoisotopic (exact) mass is 477 g/mol. The van der Waals surface area contributed by atoms with Gasteiger partial charge in [-0.3, -0.25) is 14.9 Å². The molecule has 2 aromatic carbocycles. The second kappa shape index (κ2) is 9.52. The van der Waals surface area contributed by atoms with Gasteiger partial charge in [0, 0.05) is 21.8 Å². The lowest BCUT2D eigenvalue weighted by molar-refractivity contribution is -0.385. The number of aryl methyl sites for hydroxylation is 1. The zero-order valence-electron chi connectivity index (χ0n) is 15.2. The zero-order valence-corrected chi connectivity index (χ0v) is 17.6. The number of hydrogen-bond acceptors (Lipinski definition) is 8. The van der Waals surface area contributed by atoms with Crippen LogP contribution < -0.4 is 10.6 Å². The van der Waals surface area contributed by atoms with Crippen LogP contribution in [0.3, 0.4) is 0 Å². The van der Waals surface area contributed by atoms with E-state index in [0.717, 1.165) is 16.2 Å². The molecule has 11 heteroatoms. The Morgan fingerprint density at radius 2 is 2.07 bits per heavy atom. The molecule has 0 bridgehead atoms. The maximum Gasteiger partial charge on any atom is 0.277 e. The summed E-state index contributed by atoms with van der Waals surface area (Å²) in [5.41, 5.74) is 1.87. The number of nitrogens with zero attached hydrogens (tertiary/aromatic N) is 3. The molecule has 0 unspecified atom stereocenters. The normalized spacial score (nSPS) is 10.6. The SMILES string of the molecule is Cc1ccc(NCc2nnc(SCC(=O)Nc3ccccc3Br)o2)cc1[N+](=O)[O-]. The highest BCUT2D eigenvalue weighted by molar-refractivity contribution is 9.10. The molecule has 29 heavy (non-hydrogen) atoms. The fourth-order valence-electron chi connectivity index (χ4n) is 2.34. The van der Waals surface area contributed by atoms with Crippen molar-refractivity contribution in [3.63, 3.8) is 0 Å². The molecular weight excluding hydrogens is 462 g/mol. The third-order valence-corrected chi connectivity index (χ3v) is 5.28. The van der Waals surface area contributed by atoms with Crippen molar-refractivity contribution in [3.8, 4) is 0 Å². The van der Waals surface area contributed by atoms with Gasteiger partial charge in [0.1, 0.15) is 0 Å². The summed E-state index contributed by atoms with van der Waals surface area (Å²) in [6, 6.07) is 12.2. The molecule has 0 fully saturated rings. The Morgan fingerprint density at radius 1 is 1.28 bits per heavy atom. The highest BCUT2D eigenvalue weighted by Gasteiger charge is 2.13. The number of rotatable bonds is 8.